The van der Waals surface area contributed by atoms with Crippen LogP contribution in [0.5, 0.6) is 0 Å². The van der Waals surface area contributed by atoms with Crippen molar-refractivity contribution in [3.63, 3.8) is 0 Å². The average Bonchev–Trinajstić information content (AvgIpc) is 1.85. The third-order valence-electron chi connectivity index (χ3n) is 2.14. The van der Waals surface area contributed by atoms with Crippen molar-refractivity contribution in [1.82, 2.24) is 0 Å². The van der Waals surface area contributed by atoms with E-state index in [0.717, 1.165) is 6.42 Å². The molecule has 0 bridgehead atoms. The molecule has 3 atom stereocenters. The van der Waals surface area contributed by atoms with Gasteiger partial charge in [-0.1, -0.05) is 0 Å². The lowest BCUT2D eigenvalue weighted by atomic mass is 9.65. The molecule has 1 aliphatic carbocycles. The fourth-order valence-corrected chi connectivity index (χ4v) is 2.31. The van der Waals surface area contributed by atoms with Gasteiger partial charge in [-0.3, -0.25) is 0 Å². The summed E-state index contributed by atoms with van der Waals surface area (Å²) in [6, 6.07) is 0. The second-order valence-electron chi connectivity index (χ2n) is 3.00. The molecule has 5 heteroatoms. The topological polar surface area (TPSA) is 40.5 Å². The maximum Gasteiger partial charge on any atom is 0.456 e. The van der Waals surface area contributed by atoms with E-state index in [1.165, 1.54) is 0 Å². The maximum atomic E-state index is 8.86. The van der Waals surface area contributed by atoms with E-state index < -0.39 is 7.12 Å². The van der Waals surface area contributed by atoms with Crippen molar-refractivity contribution in [2.75, 3.05) is 0 Å². The minimum Gasteiger partial charge on any atom is -0.427 e. The van der Waals surface area contributed by atoms with E-state index in [9.17, 15) is 0 Å². The highest BCUT2D eigenvalue weighted by atomic mass is 35.5. The van der Waals surface area contributed by atoms with Crippen molar-refractivity contribution >= 4 is 30.3 Å². The van der Waals surface area contributed by atoms with E-state index in [-0.39, 0.29) is 16.6 Å². The molecular formula is C6H11BCl2O2. The summed E-state index contributed by atoms with van der Waals surface area (Å²) in [5.41, 5.74) is 0. The first-order valence-corrected chi connectivity index (χ1v) is 4.63. The zero-order valence-electron chi connectivity index (χ0n) is 6.08. The molecule has 0 amide bonds. The first-order chi connectivity index (χ1) is 5.11. The second kappa shape index (κ2) is 3.99. The Kier molecular flexibility index (Phi) is 3.50. The Balaban J connectivity index is 2.44. The molecule has 0 aromatic carbocycles. The van der Waals surface area contributed by atoms with Crippen molar-refractivity contribution in [3.8, 4) is 0 Å². The van der Waals surface area contributed by atoms with E-state index in [0.29, 0.717) is 12.8 Å². The molecule has 2 N–H and O–H groups in total. The van der Waals surface area contributed by atoms with Crippen LogP contribution in [0.3, 0.4) is 0 Å². The molecule has 2 nitrogen and oxygen atoms in total. The Morgan fingerprint density at radius 2 is 1.82 bits per heavy atom. The zero-order valence-corrected chi connectivity index (χ0v) is 7.59. The fourth-order valence-electron chi connectivity index (χ4n) is 1.43. The second-order valence-corrected chi connectivity index (χ2v) is 4.18. The molecule has 11 heavy (non-hydrogen) atoms. The molecule has 1 aliphatic rings. The maximum absolute atomic E-state index is 8.86. The van der Waals surface area contributed by atoms with Gasteiger partial charge in [0.05, 0.1) is 0 Å². The van der Waals surface area contributed by atoms with Gasteiger partial charge < -0.3 is 10.0 Å². The van der Waals surface area contributed by atoms with Gasteiger partial charge in [0.2, 0.25) is 0 Å². The van der Waals surface area contributed by atoms with E-state index in [1.54, 1.807) is 0 Å². The standard InChI is InChI=1S/C6H11BCl2O2/c8-4-1-2-5(7(10)11)6(9)3-4/h4-6,10-11H,1-3H2. The number of alkyl halides is 2. The van der Waals surface area contributed by atoms with Crippen LogP contribution < -0.4 is 0 Å². The van der Waals surface area contributed by atoms with Gasteiger partial charge in [-0.25, -0.2) is 0 Å². The number of halogens is 2. The lowest BCUT2D eigenvalue weighted by molar-refractivity contribution is 0.355. The van der Waals surface area contributed by atoms with Crippen LogP contribution in [0.2, 0.25) is 5.82 Å². The molecule has 1 saturated carbocycles. The highest BCUT2D eigenvalue weighted by Gasteiger charge is 2.35. The monoisotopic (exact) mass is 196 g/mol. The zero-order chi connectivity index (χ0) is 8.43. The van der Waals surface area contributed by atoms with Gasteiger partial charge in [-0.15, -0.1) is 23.2 Å². The Hall–Kier alpha value is 0.565. The van der Waals surface area contributed by atoms with Crippen LogP contribution in [0.1, 0.15) is 19.3 Å². The minimum absolute atomic E-state index is 0.104. The van der Waals surface area contributed by atoms with Crippen LogP contribution in [0.4, 0.5) is 0 Å². The first-order valence-electron chi connectivity index (χ1n) is 3.75. The Morgan fingerprint density at radius 3 is 2.27 bits per heavy atom. The summed E-state index contributed by atoms with van der Waals surface area (Å²) in [6.45, 7) is 0. The molecule has 0 aromatic rings. The summed E-state index contributed by atoms with van der Waals surface area (Å²) in [4.78, 5) is 0. The SMILES string of the molecule is OB(O)C1CCC(Cl)CC1Cl. The van der Waals surface area contributed by atoms with Crippen LogP contribution in [-0.4, -0.2) is 27.9 Å². The van der Waals surface area contributed by atoms with Crippen LogP contribution in [-0.2, 0) is 0 Å². The molecular weight excluding hydrogens is 186 g/mol. The Morgan fingerprint density at radius 1 is 1.18 bits per heavy atom. The number of hydrogen-bond donors (Lipinski definition) is 2. The third kappa shape index (κ3) is 2.51. The molecule has 0 aliphatic heterocycles. The first kappa shape index (κ1) is 9.65. The van der Waals surface area contributed by atoms with Crippen molar-refractivity contribution in [3.05, 3.63) is 0 Å². The van der Waals surface area contributed by atoms with Gasteiger partial charge in [0.15, 0.2) is 0 Å². The highest BCUT2D eigenvalue weighted by Crippen LogP contribution is 2.36. The molecule has 0 spiro atoms. The van der Waals surface area contributed by atoms with E-state index >= 15 is 0 Å². The molecule has 0 heterocycles. The van der Waals surface area contributed by atoms with Crippen LogP contribution in [0, 0.1) is 0 Å². The summed E-state index contributed by atoms with van der Waals surface area (Å²) >= 11 is 11.7. The van der Waals surface area contributed by atoms with Gasteiger partial charge in [0.1, 0.15) is 0 Å². The average molecular weight is 197 g/mol. The molecule has 1 fully saturated rings. The fraction of sp³-hybridized carbons (Fsp3) is 1.00. The Labute approximate surface area is 76.6 Å². The summed E-state index contributed by atoms with van der Waals surface area (Å²) < 4.78 is 0. The summed E-state index contributed by atoms with van der Waals surface area (Å²) in [5.74, 6) is -0.202. The summed E-state index contributed by atoms with van der Waals surface area (Å²) in [6.07, 6.45) is 2.21. The number of hydrogen-bond acceptors (Lipinski definition) is 2. The molecule has 64 valence electrons. The lowest BCUT2D eigenvalue weighted by Gasteiger charge is -2.28. The van der Waals surface area contributed by atoms with Crippen molar-refractivity contribution in [1.29, 1.82) is 0 Å². The minimum atomic E-state index is -1.29. The van der Waals surface area contributed by atoms with E-state index in [2.05, 4.69) is 0 Å². The van der Waals surface area contributed by atoms with Crippen molar-refractivity contribution < 1.29 is 10.0 Å². The van der Waals surface area contributed by atoms with Gasteiger partial charge >= 0.3 is 7.12 Å². The molecule has 1 rings (SSSR count). The predicted octanol–water partition coefficient (Wildman–Crippen LogP) is 1.23. The largest absolute Gasteiger partial charge is 0.456 e. The molecule has 0 radical (unpaired) electrons. The molecule has 0 saturated heterocycles. The van der Waals surface area contributed by atoms with Crippen LogP contribution >= 0.6 is 23.2 Å². The van der Waals surface area contributed by atoms with Crippen LogP contribution in [0.25, 0.3) is 0 Å². The van der Waals surface area contributed by atoms with Gasteiger partial charge in [0, 0.05) is 16.6 Å². The van der Waals surface area contributed by atoms with Gasteiger partial charge in [-0.2, -0.15) is 0 Å². The quantitative estimate of drug-likeness (QED) is 0.490. The normalized spacial score (nSPS) is 38.7. The summed E-state index contributed by atoms with van der Waals surface area (Å²) in [7, 11) is -1.29. The Bertz CT molecular complexity index is 134. The smallest absolute Gasteiger partial charge is 0.427 e. The highest BCUT2D eigenvalue weighted by molar-refractivity contribution is 6.46. The van der Waals surface area contributed by atoms with Crippen molar-refractivity contribution in [2.45, 2.75) is 35.8 Å². The van der Waals surface area contributed by atoms with Gasteiger partial charge in [-0.05, 0) is 19.3 Å². The molecule has 0 aromatic heterocycles. The predicted molar refractivity (Wildman–Crippen MR) is 47.1 cm³/mol. The van der Waals surface area contributed by atoms with Crippen molar-refractivity contribution in [2.24, 2.45) is 0 Å². The lowest BCUT2D eigenvalue weighted by Crippen LogP contribution is -2.33. The third-order valence-corrected chi connectivity index (χ3v) is 3.04. The molecule has 3 unspecified atom stereocenters. The van der Waals surface area contributed by atoms with Gasteiger partial charge in [0.25, 0.3) is 0 Å². The summed E-state index contributed by atoms with van der Waals surface area (Å²) in [5, 5.41) is 17.6. The van der Waals surface area contributed by atoms with Crippen LogP contribution in [0.15, 0.2) is 0 Å². The van der Waals surface area contributed by atoms with E-state index in [1.807, 2.05) is 0 Å². The number of rotatable bonds is 1. The van der Waals surface area contributed by atoms with E-state index in [4.69, 9.17) is 33.2 Å².